The van der Waals surface area contributed by atoms with Crippen molar-refractivity contribution >= 4 is 28.8 Å². The minimum atomic E-state index is -0.404. The van der Waals surface area contributed by atoms with Gasteiger partial charge in [-0.25, -0.2) is 14.5 Å². The van der Waals surface area contributed by atoms with Gasteiger partial charge in [0.25, 0.3) is 5.91 Å². The molecule has 6 rings (SSSR count). The van der Waals surface area contributed by atoms with E-state index in [1.54, 1.807) is 35.2 Å². The quantitative estimate of drug-likeness (QED) is 0.338. The number of anilines is 1. The molecule has 1 N–H and O–H groups in total. The lowest BCUT2D eigenvalue weighted by atomic mass is 9.89. The molecule has 1 saturated heterocycles. The highest BCUT2D eigenvalue weighted by Crippen LogP contribution is 2.45. The van der Waals surface area contributed by atoms with E-state index in [9.17, 15) is 15.3 Å². The summed E-state index contributed by atoms with van der Waals surface area (Å²) in [5, 5.41) is 26.9. The van der Waals surface area contributed by atoms with Crippen molar-refractivity contribution in [1.29, 1.82) is 10.5 Å². The molecule has 2 fully saturated rings. The Morgan fingerprint density at radius 2 is 1.95 bits per heavy atom. The highest BCUT2D eigenvalue weighted by atomic mass is 35.5. The van der Waals surface area contributed by atoms with Gasteiger partial charge < -0.3 is 15.0 Å². The Morgan fingerprint density at radius 1 is 1.15 bits per heavy atom. The van der Waals surface area contributed by atoms with Crippen molar-refractivity contribution in [2.24, 2.45) is 5.41 Å². The zero-order chi connectivity index (χ0) is 28.6. The summed E-state index contributed by atoms with van der Waals surface area (Å²) >= 11 is 6.16. The van der Waals surface area contributed by atoms with Gasteiger partial charge in [-0.1, -0.05) is 11.6 Å². The summed E-state index contributed by atoms with van der Waals surface area (Å²) in [5.41, 5.74) is 2.17. The van der Waals surface area contributed by atoms with Crippen LogP contribution in [-0.4, -0.2) is 50.7 Å². The van der Waals surface area contributed by atoms with E-state index in [1.165, 1.54) is 6.20 Å². The van der Waals surface area contributed by atoms with Gasteiger partial charge in [-0.05, 0) is 62.9 Å². The average Bonchev–Trinajstić information content (AvgIpc) is 3.66. The van der Waals surface area contributed by atoms with Crippen LogP contribution in [0.2, 0.25) is 5.02 Å². The van der Waals surface area contributed by atoms with Gasteiger partial charge in [-0.3, -0.25) is 4.79 Å². The molecule has 206 valence electrons. The number of piperidine rings is 1. The predicted molar refractivity (Wildman–Crippen MR) is 152 cm³/mol. The van der Waals surface area contributed by atoms with E-state index in [0.717, 1.165) is 42.6 Å². The predicted octanol–water partition coefficient (Wildman–Crippen LogP) is 4.79. The lowest BCUT2D eigenvalue weighted by molar-refractivity contribution is 0.0886. The van der Waals surface area contributed by atoms with Gasteiger partial charge in [-0.2, -0.15) is 15.6 Å². The monoisotopic (exact) mass is 566 g/mol. The Balaban J connectivity index is 1.18. The number of amides is 1. The number of hydrogen-bond donors (Lipinski definition) is 1. The molecule has 0 aromatic carbocycles. The maximum Gasteiger partial charge on any atom is 0.271 e. The molecular formula is C30H27ClN8O2. The summed E-state index contributed by atoms with van der Waals surface area (Å²) in [6.45, 7) is 3.79. The van der Waals surface area contributed by atoms with Crippen molar-refractivity contribution in [3.05, 3.63) is 71.4 Å². The van der Waals surface area contributed by atoms with Gasteiger partial charge in [0.1, 0.15) is 29.9 Å². The van der Waals surface area contributed by atoms with E-state index in [-0.39, 0.29) is 17.1 Å². The standard InChI is InChI=1S/C30H27ClN8O2/c1-29(37-28(40)26-24(31)3-2-10-34-26)8-11-38(12-9-29)25-5-4-20(15-35-25)23-13-22(41-19-30(18-33)6-7-30)17-39-27(23)21(14-32)16-36-39/h2-5,10,13,15-17H,6-9,11-12,19H2,1H3,(H,37,40). The molecule has 2 aliphatic rings. The number of carbonyl (C=O) groups is 1. The number of carbonyl (C=O) groups excluding carboxylic acids is 1. The van der Waals surface area contributed by atoms with E-state index >= 15 is 0 Å². The molecule has 0 spiro atoms. The number of halogens is 1. The summed E-state index contributed by atoms with van der Waals surface area (Å²) in [6, 6.07) is 13.7. The number of nitriles is 2. The van der Waals surface area contributed by atoms with Gasteiger partial charge in [0.05, 0.1) is 40.0 Å². The van der Waals surface area contributed by atoms with Crippen LogP contribution >= 0.6 is 11.6 Å². The van der Waals surface area contributed by atoms with E-state index in [2.05, 4.69) is 32.4 Å². The summed E-state index contributed by atoms with van der Waals surface area (Å²) in [5.74, 6) is 1.13. The molecule has 4 aromatic heterocycles. The molecule has 0 bridgehead atoms. The maximum atomic E-state index is 12.8. The Hall–Kier alpha value is -4.67. The Bertz CT molecular complexity index is 1710. The second-order valence-corrected chi connectivity index (χ2v) is 11.4. The zero-order valence-corrected chi connectivity index (χ0v) is 23.2. The fourth-order valence-corrected chi connectivity index (χ4v) is 5.32. The highest BCUT2D eigenvalue weighted by molar-refractivity contribution is 6.33. The number of aromatic nitrogens is 4. The Labute approximate surface area is 242 Å². The number of fused-ring (bicyclic) bond motifs is 1. The molecule has 11 heteroatoms. The van der Waals surface area contributed by atoms with Crippen molar-refractivity contribution in [1.82, 2.24) is 24.9 Å². The van der Waals surface area contributed by atoms with Gasteiger partial charge in [0.15, 0.2) is 0 Å². The minimum Gasteiger partial charge on any atom is -0.490 e. The number of nitrogens with zero attached hydrogens (tertiary/aromatic N) is 7. The minimum absolute atomic E-state index is 0.230. The van der Waals surface area contributed by atoms with Crippen LogP contribution in [0.25, 0.3) is 16.6 Å². The number of ether oxygens (including phenoxy) is 1. The first-order valence-corrected chi connectivity index (χ1v) is 13.8. The van der Waals surface area contributed by atoms with Crippen LogP contribution in [0.15, 0.2) is 55.1 Å². The second kappa shape index (κ2) is 10.4. The summed E-state index contributed by atoms with van der Waals surface area (Å²) < 4.78 is 7.64. The first-order chi connectivity index (χ1) is 19.8. The van der Waals surface area contributed by atoms with Gasteiger partial charge in [0, 0.05) is 42.1 Å². The summed E-state index contributed by atoms with van der Waals surface area (Å²) in [6.07, 6.45) is 9.76. The topological polar surface area (TPSA) is 132 Å². The van der Waals surface area contributed by atoms with Crippen molar-refractivity contribution < 1.29 is 9.53 Å². The lowest BCUT2D eigenvalue weighted by Gasteiger charge is -2.40. The fourth-order valence-electron chi connectivity index (χ4n) is 5.11. The van der Waals surface area contributed by atoms with E-state index in [1.807, 2.05) is 25.1 Å². The first-order valence-electron chi connectivity index (χ1n) is 13.4. The van der Waals surface area contributed by atoms with Crippen LogP contribution in [0.4, 0.5) is 5.82 Å². The van der Waals surface area contributed by atoms with Crippen molar-refractivity contribution in [2.75, 3.05) is 24.6 Å². The summed E-state index contributed by atoms with van der Waals surface area (Å²) in [7, 11) is 0. The molecule has 1 amide bonds. The van der Waals surface area contributed by atoms with Gasteiger partial charge >= 0.3 is 0 Å². The lowest BCUT2D eigenvalue weighted by Crippen LogP contribution is -2.53. The van der Waals surface area contributed by atoms with E-state index < -0.39 is 5.41 Å². The molecule has 10 nitrogen and oxygen atoms in total. The van der Waals surface area contributed by atoms with Crippen LogP contribution in [0, 0.1) is 28.1 Å². The van der Waals surface area contributed by atoms with Crippen LogP contribution in [0.5, 0.6) is 5.75 Å². The van der Waals surface area contributed by atoms with Crippen molar-refractivity contribution in [3.63, 3.8) is 0 Å². The zero-order valence-electron chi connectivity index (χ0n) is 22.5. The molecule has 0 radical (unpaired) electrons. The third-order valence-corrected chi connectivity index (χ3v) is 8.26. The van der Waals surface area contributed by atoms with Crippen LogP contribution in [0.1, 0.15) is 48.7 Å². The third-order valence-electron chi connectivity index (χ3n) is 7.95. The average molecular weight is 567 g/mol. The molecule has 1 aliphatic heterocycles. The Kier molecular flexibility index (Phi) is 6.72. The Morgan fingerprint density at radius 3 is 2.61 bits per heavy atom. The molecule has 1 aliphatic carbocycles. The third kappa shape index (κ3) is 5.27. The van der Waals surface area contributed by atoms with Crippen LogP contribution in [-0.2, 0) is 0 Å². The van der Waals surface area contributed by atoms with Crippen LogP contribution in [0.3, 0.4) is 0 Å². The van der Waals surface area contributed by atoms with Crippen LogP contribution < -0.4 is 15.0 Å². The smallest absolute Gasteiger partial charge is 0.271 e. The molecule has 5 heterocycles. The van der Waals surface area contributed by atoms with Gasteiger partial charge in [-0.15, -0.1) is 0 Å². The van der Waals surface area contributed by atoms with E-state index in [0.29, 0.717) is 41.5 Å². The highest BCUT2D eigenvalue weighted by Gasteiger charge is 2.44. The normalized spacial score (nSPS) is 16.9. The summed E-state index contributed by atoms with van der Waals surface area (Å²) in [4.78, 5) is 23.8. The molecule has 4 aromatic rings. The maximum absolute atomic E-state index is 12.8. The molecule has 0 unspecified atom stereocenters. The molecule has 0 atom stereocenters. The SMILES string of the molecule is CC1(NC(=O)c2ncccc2Cl)CCN(c2ccc(-c3cc(OCC4(C#N)CC4)cn4ncc(C#N)c34)cn2)CC1. The molecule has 41 heavy (non-hydrogen) atoms. The van der Waals surface area contributed by atoms with E-state index in [4.69, 9.17) is 21.3 Å². The first kappa shape index (κ1) is 26.5. The number of nitrogens with one attached hydrogen (secondary N) is 1. The van der Waals surface area contributed by atoms with Gasteiger partial charge in [0.2, 0.25) is 0 Å². The largest absolute Gasteiger partial charge is 0.490 e. The second-order valence-electron chi connectivity index (χ2n) is 11.0. The van der Waals surface area contributed by atoms with Crippen molar-refractivity contribution in [3.8, 4) is 29.0 Å². The molecule has 1 saturated carbocycles. The number of rotatable bonds is 7. The number of pyridine rings is 3. The molecular weight excluding hydrogens is 540 g/mol. The fraction of sp³-hybridized carbons (Fsp3) is 0.333. The van der Waals surface area contributed by atoms with Crippen molar-refractivity contribution in [2.45, 2.75) is 38.1 Å². The number of hydrogen-bond acceptors (Lipinski definition) is 8.